The van der Waals surface area contributed by atoms with E-state index in [0.717, 1.165) is 22.3 Å². The van der Waals surface area contributed by atoms with Crippen molar-refractivity contribution in [2.75, 3.05) is 0 Å². The molecule has 10 heteroatoms. The van der Waals surface area contributed by atoms with Gasteiger partial charge >= 0.3 is 5.69 Å². The number of rotatable bonds is 6. The van der Waals surface area contributed by atoms with Gasteiger partial charge in [-0.3, -0.25) is 19.3 Å². The van der Waals surface area contributed by atoms with Crippen LogP contribution in [0.3, 0.4) is 0 Å². The minimum Gasteiger partial charge on any atom is -0.486 e. The quantitative estimate of drug-likeness (QED) is 0.353. The van der Waals surface area contributed by atoms with Crippen molar-refractivity contribution in [3.63, 3.8) is 0 Å². The fraction of sp³-hybridized carbons (Fsp3) is 0.179. The first kappa shape index (κ1) is 25.0. The van der Waals surface area contributed by atoms with Crippen molar-refractivity contribution in [3.05, 3.63) is 109 Å². The van der Waals surface area contributed by atoms with Crippen LogP contribution in [-0.2, 0) is 20.2 Å². The zero-order valence-corrected chi connectivity index (χ0v) is 21.7. The summed E-state index contributed by atoms with van der Waals surface area (Å²) < 4.78 is 9.47. The number of aromatic amines is 1. The van der Waals surface area contributed by atoms with Crippen LogP contribution in [0.2, 0.25) is 5.02 Å². The molecule has 4 aromatic heterocycles. The normalized spacial score (nSPS) is 11.0. The van der Waals surface area contributed by atoms with E-state index in [1.165, 1.54) is 16.8 Å². The third-order valence-electron chi connectivity index (χ3n) is 6.32. The van der Waals surface area contributed by atoms with E-state index in [-0.39, 0.29) is 13.2 Å². The lowest BCUT2D eigenvalue weighted by Crippen LogP contribution is -2.29. The summed E-state index contributed by atoms with van der Waals surface area (Å²) in [6.07, 6.45) is 1.42. The Bertz CT molecular complexity index is 1860. The fourth-order valence-corrected chi connectivity index (χ4v) is 4.78. The highest BCUT2D eigenvalue weighted by molar-refractivity contribution is 6.31. The summed E-state index contributed by atoms with van der Waals surface area (Å²) in [5, 5.41) is 10.7. The fourth-order valence-electron chi connectivity index (χ4n) is 4.46. The molecule has 0 aliphatic rings. The number of nitrogens with one attached hydrogen (secondary N) is 1. The maximum absolute atomic E-state index is 12.3. The molecule has 1 N–H and O–H groups in total. The Balaban J connectivity index is 1.54. The molecule has 0 bridgehead atoms. The number of hydrogen-bond acceptors (Lipinski definition) is 6. The van der Waals surface area contributed by atoms with Gasteiger partial charge in [-0.1, -0.05) is 23.7 Å². The molecule has 0 radical (unpaired) electrons. The second kappa shape index (κ2) is 10.00. The standard InChI is InChI=1S/C28H23ClN6O3/c1-16-11-20(24-8-7-18(13-30)34(24)3)19-5-4-6-25(27(19)32-16)38-15-21-22(29)12-17(2)31-23(21)14-35-10-9-26(36)33-28(35)37/h4-12H,14-15H2,1-3H3,(H,33,36,37). The summed E-state index contributed by atoms with van der Waals surface area (Å²) in [4.78, 5) is 35.3. The molecule has 0 atom stereocenters. The van der Waals surface area contributed by atoms with Gasteiger partial charge in [0.1, 0.15) is 29.6 Å². The van der Waals surface area contributed by atoms with Crippen molar-refractivity contribution < 1.29 is 4.74 Å². The molecular weight excluding hydrogens is 504 g/mol. The van der Waals surface area contributed by atoms with E-state index >= 15 is 0 Å². The number of nitriles is 1. The third kappa shape index (κ3) is 4.69. The predicted molar refractivity (Wildman–Crippen MR) is 144 cm³/mol. The smallest absolute Gasteiger partial charge is 0.328 e. The number of nitrogens with zero attached hydrogens (tertiary/aromatic N) is 5. The molecule has 38 heavy (non-hydrogen) atoms. The Labute approximate surface area is 222 Å². The van der Waals surface area contributed by atoms with Gasteiger partial charge in [-0.2, -0.15) is 5.26 Å². The molecule has 0 amide bonds. The topological polar surface area (TPSA) is 119 Å². The molecule has 0 saturated heterocycles. The number of para-hydroxylation sites is 1. The number of hydrogen-bond donors (Lipinski definition) is 1. The minimum absolute atomic E-state index is 0.0896. The number of ether oxygens (including phenoxy) is 1. The molecule has 1 aromatic carbocycles. The molecule has 190 valence electrons. The molecule has 0 spiro atoms. The lowest BCUT2D eigenvalue weighted by atomic mass is 10.0. The Hall–Kier alpha value is -4.68. The Kier molecular flexibility index (Phi) is 6.57. The average molecular weight is 527 g/mol. The largest absolute Gasteiger partial charge is 0.486 e. The molecule has 0 saturated carbocycles. The Morgan fingerprint density at radius 1 is 1.08 bits per heavy atom. The number of aryl methyl sites for hydroxylation is 2. The van der Waals surface area contributed by atoms with Gasteiger partial charge in [0, 0.05) is 52.9 Å². The van der Waals surface area contributed by atoms with Crippen molar-refractivity contribution in [2.45, 2.75) is 27.0 Å². The summed E-state index contributed by atoms with van der Waals surface area (Å²) in [7, 11) is 1.86. The zero-order chi connectivity index (χ0) is 27.0. The average Bonchev–Trinajstić information content (AvgIpc) is 3.24. The number of H-pyrrole nitrogens is 1. The monoisotopic (exact) mass is 526 g/mol. The lowest BCUT2D eigenvalue weighted by Gasteiger charge is -2.16. The van der Waals surface area contributed by atoms with Crippen LogP contribution >= 0.6 is 11.6 Å². The molecular formula is C28H23ClN6O3. The Morgan fingerprint density at radius 2 is 1.87 bits per heavy atom. The number of halogens is 1. The summed E-state index contributed by atoms with van der Waals surface area (Å²) in [5.41, 5.74) is 4.75. The van der Waals surface area contributed by atoms with E-state index in [1.807, 2.05) is 55.8 Å². The van der Waals surface area contributed by atoms with Crippen LogP contribution in [-0.4, -0.2) is 24.1 Å². The molecule has 0 aliphatic heterocycles. The van der Waals surface area contributed by atoms with Crippen molar-refractivity contribution in [1.82, 2.24) is 24.1 Å². The first-order valence-electron chi connectivity index (χ1n) is 11.8. The van der Waals surface area contributed by atoms with E-state index < -0.39 is 11.2 Å². The predicted octanol–water partition coefficient (Wildman–Crippen LogP) is 4.25. The van der Waals surface area contributed by atoms with Crippen LogP contribution in [0, 0.1) is 25.2 Å². The number of pyridine rings is 2. The lowest BCUT2D eigenvalue weighted by molar-refractivity contribution is 0.307. The molecule has 5 rings (SSSR count). The number of fused-ring (bicyclic) bond motifs is 1. The zero-order valence-electron chi connectivity index (χ0n) is 20.9. The third-order valence-corrected chi connectivity index (χ3v) is 6.65. The molecule has 9 nitrogen and oxygen atoms in total. The van der Waals surface area contributed by atoms with Gasteiger partial charge in [-0.15, -0.1) is 0 Å². The van der Waals surface area contributed by atoms with E-state index in [4.69, 9.17) is 21.3 Å². The Morgan fingerprint density at radius 3 is 2.61 bits per heavy atom. The highest BCUT2D eigenvalue weighted by atomic mass is 35.5. The minimum atomic E-state index is -0.537. The van der Waals surface area contributed by atoms with E-state index in [1.54, 1.807) is 12.1 Å². The first-order valence-corrected chi connectivity index (χ1v) is 12.2. The van der Waals surface area contributed by atoms with Crippen LogP contribution in [0.1, 0.15) is 28.3 Å². The van der Waals surface area contributed by atoms with Crippen molar-refractivity contribution in [1.29, 1.82) is 5.26 Å². The van der Waals surface area contributed by atoms with Gasteiger partial charge in [0.05, 0.1) is 17.3 Å². The van der Waals surface area contributed by atoms with Gasteiger partial charge in [0.2, 0.25) is 0 Å². The van der Waals surface area contributed by atoms with Crippen LogP contribution in [0.4, 0.5) is 0 Å². The molecule has 5 aromatic rings. The van der Waals surface area contributed by atoms with Gasteiger partial charge in [0.25, 0.3) is 5.56 Å². The first-order chi connectivity index (χ1) is 18.2. The van der Waals surface area contributed by atoms with Crippen molar-refractivity contribution in [2.24, 2.45) is 7.05 Å². The highest BCUT2D eigenvalue weighted by Gasteiger charge is 2.17. The van der Waals surface area contributed by atoms with Crippen LogP contribution in [0.5, 0.6) is 5.75 Å². The van der Waals surface area contributed by atoms with Crippen LogP contribution in [0.15, 0.2) is 64.3 Å². The van der Waals surface area contributed by atoms with Gasteiger partial charge in [0.15, 0.2) is 0 Å². The number of aromatic nitrogens is 5. The van der Waals surface area contributed by atoms with Crippen LogP contribution in [0.25, 0.3) is 22.2 Å². The van der Waals surface area contributed by atoms with Gasteiger partial charge < -0.3 is 9.30 Å². The molecule has 4 heterocycles. The summed E-state index contributed by atoms with van der Waals surface area (Å²) >= 11 is 6.60. The van der Waals surface area contributed by atoms with E-state index in [0.29, 0.717) is 38.9 Å². The summed E-state index contributed by atoms with van der Waals surface area (Å²) in [6.45, 7) is 3.93. The highest BCUT2D eigenvalue weighted by Crippen LogP contribution is 2.34. The summed E-state index contributed by atoms with van der Waals surface area (Å²) in [6, 6.07) is 16.6. The van der Waals surface area contributed by atoms with Crippen molar-refractivity contribution in [3.8, 4) is 23.1 Å². The van der Waals surface area contributed by atoms with Gasteiger partial charge in [-0.25, -0.2) is 9.78 Å². The summed E-state index contributed by atoms with van der Waals surface area (Å²) in [5.74, 6) is 0.561. The van der Waals surface area contributed by atoms with Gasteiger partial charge in [-0.05, 0) is 44.2 Å². The SMILES string of the molecule is Cc1cc(Cl)c(COc2cccc3c(-c4ccc(C#N)n4C)cc(C)nc23)c(Cn2ccc(=O)[nH]c2=O)n1. The van der Waals surface area contributed by atoms with E-state index in [2.05, 4.69) is 16.0 Å². The second-order valence-corrected chi connectivity index (χ2v) is 9.34. The van der Waals surface area contributed by atoms with E-state index in [9.17, 15) is 14.9 Å². The van der Waals surface area contributed by atoms with Crippen molar-refractivity contribution >= 4 is 22.5 Å². The number of benzene rings is 1. The molecule has 0 unspecified atom stereocenters. The maximum atomic E-state index is 12.3. The van der Waals surface area contributed by atoms with Crippen LogP contribution < -0.4 is 16.0 Å². The second-order valence-electron chi connectivity index (χ2n) is 8.94. The molecule has 0 aliphatic carbocycles. The molecule has 0 fully saturated rings. The maximum Gasteiger partial charge on any atom is 0.328 e.